The maximum absolute atomic E-state index is 5.75. The topological polar surface area (TPSA) is 12.5 Å². The van der Waals surface area contributed by atoms with Crippen molar-refractivity contribution in [3.8, 4) is 5.75 Å². The van der Waals surface area contributed by atoms with Crippen molar-refractivity contribution in [2.75, 3.05) is 20.2 Å². The highest BCUT2D eigenvalue weighted by molar-refractivity contribution is 5.27. The zero-order valence-corrected chi connectivity index (χ0v) is 11.7. The molecule has 1 aromatic carbocycles. The van der Waals surface area contributed by atoms with Gasteiger partial charge in [0, 0.05) is 12.6 Å². The number of benzene rings is 1. The second-order valence-electron chi connectivity index (χ2n) is 5.13. The third-order valence-electron chi connectivity index (χ3n) is 3.36. The van der Waals surface area contributed by atoms with Crippen LogP contribution < -0.4 is 4.74 Å². The number of aryl methyl sites for hydroxylation is 1. The van der Waals surface area contributed by atoms with Crippen molar-refractivity contribution in [3.63, 3.8) is 0 Å². The van der Waals surface area contributed by atoms with E-state index < -0.39 is 0 Å². The molecule has 96 valence electrons. The molecular weight excluding hydrogens is 210 g/mol. The minimum Gasteiger partial charge on any atom is -0.492 e. The molecule has 1 rings (SSSR count). The van der Waals surface area contributed by atoms with Crippen molar-refractivity contribution in [2.45, 2.75) is 33.7 Å². The first-order valence-corrected chi connectivity index (χ1v) is 6.40. The van der Waals surface area contributed by atoms with Crippen molar-refractivity contribution in [1.82, 2.24) is 4.90 Å². The predicted octanol–water partition coefficient (Wildman–Crippen LogP) is 3.35. The van der Waals surface area contributed by atoms with E-state index in [0.717, 1.165) is 18.9 Å². The highest BCUT2D eigenvalue weighted by atomic mass is 16.5. The van der Waals surface area contributed by atoms with Crippen LogP contribution in [0.3, 0.4) is 0 Å². The van der Waals surface area contributed by atoms with Gasteiger partial charge in [-0.15, -0.1) is 0 Å². The lowest BCUT2D eigenvalue weighted by molar-refractivity contribution is 0.170. The fourth-order valence-corrected chi connectivity index (χ4v) is 1.73. The quantitative estimate of drug-likeness (QED) is 0.749. The molecule has 2 nitrogen and oxygen atoms in total. The third kappa shape index (κ3) is 4.78. The summed E-state index contributed by atoms with van der Waals surface area (Å²) in [6.07, 6.45) is 0. The summed E-state index contributed by atoms with van der Waals surface area (Å²) >= 11 is 0. The van der Waals surface area contributed by atoms with Crippen LogP contribution in [0.4, 0.5) is 0 Å². The maximum Gasteiger partial charge on any atom is 0.119 e. The van der Waals surface area contributed by atoms with E-state index in [1.807, 2.05) is 12.1 Å². The smallest absolute Gasteiger partial charge is 0.119 e. The van der Waals surface area contributed by atoms with Crippen LogP contribution >= 0.6 is 0 Å². The van der Waals surface area contributed by atoms with Crippen LogP contribution in [0.25, 0.3) is 0 Å². The number of hydrogen-bond donors (Lipinski definition) is 0. The second-order valence-corrected chi connectivity index (χ2v) is 5.13. The molecule has 17 heavy (non-hydrogen) atoms. The Balaban J connectivity index is 2.33. The molecule has 0 saturated heterocycles. The molecule has 1 atom stereocenters. The first-order chi connectivity index (χ1) is 8.00. The third-order valence-corrected chi connectivity index (χ3v) is 3.36. The maximum atomic E-state index is 5.75. The molecule has 0 spiro atoms. The fraction of sp³-hybridized carbons (Fsp3) is 0.600. The van der Waals surface area contributed by atoms with Crippen LogP contribution in [0.15, 0.2) is 24.3 Å². The Kier molecular flexibility index (Phi) is 5.49. The second kappa shape index (κ2) is 6.65. The van der Waals surface area contributed by atoms with Gasteiger partial charge in [-0.25, -0.2) is 0 Å². The van der Waals surface area contributed by atoms with Crippen LogP contribution in [-0.2, 0) is 0 Å². The Labute approximate surface area is 106 Å². The summed E-state index contributed by atoms with van der Waals surface area (Å²) in [6.45, 7) is 10.6. The summed E-state index contributed by atoms with van der Waals surface area (Å²) in [6, 6.07) is 8.80. The van der Waals surface area contributed by atoms with Gasteiger partial charge in [0.25, 0.3) is 0 Å². The molecule has 2 heteroatoms. The Morgan fingerprint density at radius 3 is 2.53 bits per heavy atom. The summed E-state index contributed by atoms with van der Waals surface area (Å²) in [4.78, 5) is 2.35. The van der Waals surface area contributed by atoms with Crippen molar-refractivity contribution < 1.29 is 4.74 Å². The van der Waals surface area contributed by atoms with Gasteiger partial charge in [-0.3, -0.25) is 0 Å². The number of rotatable bonds is 6. The van der Waals surface area contributed by atoms with Gasteiger partial charge < -0.3 is 9.64 Å². The molecule has 0 unspecified atom stereocenters. The van der Waals surface area contributed by atoms with Crippen LogP contribution in [0.2, 0.25) is 0 Å². The molecule has 0 fully saturated rings. The van der Waals surface area contributed by atoms with Crippen molar-refractivity contribution in [2.24, 2.45) is 5.92 Å². The van der Waals surface area contributed by atoms with E-state index in [4.69, 9.17) is 4.74 Å². The van der Waals surface area contributed by atoms with E-state index in [2.05, 4.69) is 51.8 Å². The molecule has 1 aromatic rings. The Bertz CT molecular complexity index is 335. The monoisotopic (exact) mass is 235 g/mol. The van der Waals surface area contributed by atoms with Crippen molar-refractivity contribution in [1.29, 1.82) is 0 Å². The number of nitrogens with zero attached hydrogens (tertiary/aromatic N) is 1. The molecule has 0 N–H and O–H groups in total. The number of likely N-dealkylation sites (N-methyl/N-ethyl adjacent to an activating group) is 1. The summed E-state index contributed by atoms with van der Waals surface area (Å²) in [5, 5.41) is 0. The lowest BCUT2D eigenvalue weighted by atomic mass is 10.1. The summed E-state index contributed by atoms with van der Waals surface area (Å²) in [7, 11) is 2.16. The first kappa shape index (κ1) is 14.0. The van der Waals surface area contributed by atoms with E-state index in [0.29, 0.717) is 12.0 Å². The van der Waals surface area contributed by atoms with E-state index in [1.165, 1.54) is 5.56 Å². The number of hydrogen-bond acceptors (Lipinski definition) is 2. The summed E-state index contributed by atoms with van der Waals surface area (Å²) in [5.74, 6) is 1.65. The molecule has 0 aliphatic heterocycles. The normalized spacial score (nSPS) is 13.1. The minimum absolute atomic E-state index is 0.594. The Hall–Kier alpha value is -1.02. The largest absolute Gasteiger partial charge is 0.492 e. The SMILES string of the molecule is Cc1cccc(OCCN(C)[C@@H](C)C(C)C)c1. The Morgan fingerprint density at radius 2 is 1.94 bits per heavy atom. The van der Waals surface area contributed by atoms with E-state index in [1.54, 1.807) is 0 Å². The average molecular weight is 235 g/mol. The van der Waals surface area contributed by atoms with Gasteiger partial charge in [0.1, 0.15) is 12.4 Å². The Morgan fingerprint density at radius 1 is 1.24 bits per heavy atom. The number of ether oxygens (including phenoxy) is 1. The standard InChI is InChI=1S/C15H25NO/c1-12(2)14(4)16(5)9-10-17-15-8-6-7-13(3)11-15/h6-8,11-12,14H,9-10H2,1-5H3/t14-/m0/s1. The van der Waals surface area contributed by atoms with E-state index in [9.17, 15) is 0 Å². The first-order valence-electron chi connectivity index (χ1n) is 6.40. The van der Waals surface area contributed by atoms with Crippen LogP contribution in [0.1, 0.15) is 26.3 Å². The average Bonchev–Trinajstić information content (AvgIpc) is 2.27. The van der Waals surface area contributed by atoms with Gasteiger partial charge in [0.05, 0.1) is 0 Å². The zero-order valence-electron chi connectivity index (χ0n) is 11.7. The fourth-order valence-electron chi connectivity index (χ4n) is 1.73. The lowest BCUT2D eigenvalue weighted by Gasteiger charge is -2.27. The van der Waals surface area contributed by atoms with Gasteiger partial charge in [-0.1, -0.05) is 26.0 Å². The highest BCUT2D eigenvalue weighted by Crippen LogP contribution is 2.13. The molecular formula is C15H25NO. The molecule has 0 bridgehead atoms. The van der Waals surface area contributed by atoms with Gasteiger partial charge >= 0.3 is 0 Å². The van der Waals surface area contributed by atoms with Gasteiger partial charge in [0.2, 0.25) is 0 Å². The molecule has 0 aliphatic carbocycles. The van der Waals surface area contributed by atoms with Crippen LogP contribution in [0.5, 0.6) is 5.75 Å². The predicted molar refractivity (Wildman–Crippen MR) is 73.6 cm³/mol. The molecule has 0 heterocycles. The van der Waals surface area contributed by atoms with Crippen LogP contribution in [0, 0.1) is 12.8 Å². The van der Waals surface area contributed by atoms with E-state index in [-0.39, 0.29) is 0 Å². The summed E-state index contributed by atoms with van der Waals surface area (Å²) < 4.78 is 5.75. The van der Waals surface area contributed by atoms with Crippen molar-refractivity contribution in [3.05, 3.63) is 29.8 Å². The molecule has 0 aliphatic rings. The molecule has 0 aromatic heterocycles. The molecule has 0 radical (unpaired) electrons. The van der Waals surface area contributed by atoms with E-state index >= 15 is 0 Å². The minimum atomic E-state index is 0.594. The zero-order chi connectivity index (χ0) is 12.8. The van der Waals surface area contributed by atoms with Crippen molar-refractivity contribution >= 4 is 0 Å². The van der Waals surface area contributed by atoms with Gasteiger partial charge in [-0.05, 0) is 44.5 Å². The van der Waals surface area contributed by atoms with Crippen LogP contribution in [-0.4, -0.2) is 31.1 Å². The highest BCUT2D eigenvalue weighted by Gasteiger charge is 2.12. The molecule has 0 saturated carbocycles. The van der Waals surface area contributed by atoms with Gasteiger partial charge in [0.15, 0.2) is 0 Å². The summed E-state index contributed by atoms with van der Waals surface area (Å²) in [5.41, 5.74) is 1.24. The van der Waals surface area contributed by atoms with Gasteiger partial charge in [-0.2, -0.15) is 0 Å². The molecule has 0 amide bonds. The lowest BCUT2D eigenvalue weighted by Crippen LogP contribution is -2.36.